The summed E-state index contributed by atoms with van der Waals surface area (Å²) in [5, 5.41) is 1.81. The van der Waals surface area contributed by atoms with Crippen molar-refractivity contribution < 1.29 is 13.2 Å². The van der Waals surface area contributed by atoms with Crippen LogP contribution in [0.4, 0.5) is 0 Å². The SMILES string of the molecule is CCN1CC[C@@]2(CN(CC(C)C)CC23CCN(S(=O)(=O)c2cccs2)CC3)C1=O. The molecule has 0 aliphatic carbocycles. The molecule has 3 aliphatic heterocycles. The Bertz CT molecular complexity index is 845. The smallest absolute Gasteiger partial charge is 0.252 e. The van der Waals surface area contributed by atoms with E-state index in [-0.39, 0.29) is 10.8 Å². The van der Waals surface area contributed by atoms with E-state index in [0.29, 0.717) is 29.1 Å². The van der Waals surface area contributed by atoms with Gasteiger partial charge in [0.05, 0.1) is 5.41 Å². The molecule has 29 heavy (non-hydrogen) atoms. The molecule has 0 saturated carbocycles. The number of hydrogen-bond donors (Lipinski definition) is 0. The molecule has 4 heterocycles. The van der Waals surface area contributed by atoms with Gasteiger partial charge in [0.25, 0.3) is 10.0 Å². The van der Waals surface area contributed by atoms with E-state index in [4.69, 9.17) is 0 Å². The van der Waals surface area contributed by atoms with E-state index in [2.05, 4.69) is 25.7 Å². The molecule has 0 bridgehead atoms. The quantitative estimate of drug-likeness (QED) is 0.708. The molecule has 162 valence electrons. The number of nitrogens with zero attached hydrogens (tertiary/aromatic N) is 3. The maximum atomic E-state index is 13.5. The van der Waals surface area contributed by atoms with Gasteiger partial charge in [0.15, 0.2) is 0 Å². The van der Waals surface area contributed by atoms with E-state index in [0.717, 1.165) is 52.0 Å². The summed E-state index contributed by atoms with van der Waals surface area (Å²) < 4.78 is 28.0. The molecule has 3 saturated heterocycles. The summed E-state index contributed by atoms with van der Waals surface area (Å²) >= 11 is 1.28. The van der Waals surface area contributed by atoms with Crippen LogP contribution < -0.4 is 0 Å². The Hall–Kier alpha value is -0.960. The third-order valence-corrected chi connectivity index (χ3v) is 10.6. The number of sulfonamides is 1. The summed E-state index contributed by atoms with van der Waals surface area (Å²) in [6.45, 7) is 11.9. The number of carbonyl (C=O) groups excluding carboxylic acids is 1. The summed E-state index contributed by atoms with van der Waals surface area (Å²) in [4.78, 5) is 18.0. The van der Waals surface area contributed by atoms with Gasteiger partial charge in [-0.15, -0.1) is 11.3 Å². The van der Waals surface area contributed by atoms with Crippen molar-refractivity contribution in [3.63, 3.8) is 0 Å². The number of thiophene rings is 1. The van der Waals surface area contributed by atoms with Crippen LogP contribution in [0.1, 0.15) is 40.0 Å². The predicted octanol–water partition coefficient (Wildman–Crippen LogP) is 2.73. The highest BCUT2D eigenvalue weighted by atomic mass is 32.2. The van der Waals surface area contributed by atoms with Crippen molar-refractivity contribution in [2.75, 3.05) is 45.8 Å². The Morgan fingerprint density at radius 3 is 2.41 bits per heavy atom. The van der Waals surface area contributed by atoms with Crippen molar-refractivity contribution in [1.29, 1.82) is 0 Å². The zero-order valence-electron chi connectivity index (χ0n) is 17.8. The molecule has 2 spiro atoms. The Morgan fingerprint density at radius 2 is 1.86 bits per heavy atom. The second-order valence-corrected chi connectivity index (χ2v) is 12.5. The number of hydrogen-bond acceptors (Lipinski definition) is 5. The molecule has 0 unspecified atom stereocenters. The molecule has 1 aromatic heterocycles. The fourth-order valence-corrected chi connectivity index (χ4v) is 8.52. The van der Waals surface area contributed by atoms with E-state index in [9.17, 15) is 13.2 Å². The normalized spacial score (nSPS) is 28.4. The molecule has 3 fully saturated rings. The summed E-state index contributed by atoms with van der Waals surface area (Å²) in [6.07, 6.45) is 2.46. The lowest BCUT2D eigenvalue weighted by atomic mass is 9.60. The average Bonchev–Trinajstić information content (AvgIpc) is 3.37. The van der Waals surface area contributed by atoms with Gasteiger partial charge < -0.3 is 9.80 Å². The predicted molar refractivity (Wildman–Crippen MR) is 115 cm³/mol. The monoisotopic (exact) mass is 439 g/mol. The van der Waals surface area contributed by atoms with Crippen LogP contribution in [0, 0.1) is 16.7 Å². The molecular weight excluding hydrogens is 406 g/mol. The lowest BCUT2D eigenvalue weighted by Crippen LogP contribution is -2.53. The number of amides is 1. The van der Waals surface area contributed by atoms with Crippen LogP contribution in [0.25, 0.3) is 0 Å². The van der Waals surface area contributed by atoms with Gasteiger partial charge in [0.2, 0.25) is 5.91 Å². The first-order chi connectivity index (χ1) is 13.7. The molecule has 1 atom stereocenters. The van der Waals surface area contributed by atoms with E-state index < -0.39 is 10.0 Å². The molecule has 0 radical (unpaired) electrons. The van der Waals surface area contributed by atoms with Gasteiger partial charge in [0.1, 0.15) is 4.21 Å². The van der Waals surface area contributed by atoms with Gasteiger partial charge in [-0.3, -0.25) is 4.79 Å². The maximum Gasteiger partial charge on any atom is 0.252 e. The van der Waals surface area contributed by atoms with Crippen LogP contribution in [0.5, 0.6) is 0 Å². The highest BCUT2D eigenvalue weighted by Gasteiger charge is 2.65. The fourth-order valence-electron chi connectivity index (χ4n) is 5.94. The second-order valence-electron chi connectivity index (χ2n) is 9.40. The first-order valence-electron chi connectivity index (χ1n) is 10.8. The fraction of sp³-hybridized carbons (Fsp3) is 0.762. The minimum absolute atomic E-state index is 0.107. The summed E-state index contributed by atoms with van der Waals surface area (Å²) in [5.74, 6) is 0.862. The van der Waals surface area contributed by atoms with Crippen LogP contribution in [-0.2, 0) is 14.8 Å². The van der Waals surface area contributed by atoms with Crippen LogP contribution in [0.2, 0.25) is 0 Å². The number of fused-ring (bicyclic) bond motifs is 1. The number of likely N-dealkylation sites (tertiary alicyclic amines) is 2. The van der Waals surface area contributed by atoms with Gasteiger partial charge in [-0.05, 0) is 43.6 Å². The van der Waals surface area contributed by atoms with E-state index in [1.54, 1.807) is 16.4 Å². The second kappa shape index (κ2) is 7.62. The van der Waals surface area contributed by atoms with Crippen LogP contribution >= 0.6 is 11.3 Å². The highest BCUT2D eigenvalue weighted by molar-refractivity contribution is 7.91. The first-order valence-corrected chi connectivity index (χ1v) is 13.1. The molecular formula is C21H33N3O3S2. The Balaban J connectivity index is 1.59. The molecule has 8 heteroatoms. The number of piperidine rings is 1. The highest BCUT2D eigenvalue weighted by Crippen LogP contribution is 2.58. The third kappa shape index (κ3) is 3.36. The first kappa shape index (κ1) is 21.3. The lowest BCUT2D eigenvalue weighted by molar-refractivity contribution is -0.141. The van der Waals surface area contributed by atoms with Crippen molar-refractivity contribution in [3.05, 3.63) is 17.5 Å². The van der Waals surface area contributed by atoms with Crippen molar-refractivity contribution in [1.82, 2.24) is 14.1 Å². The molecule has 1 amide bonds. The van der Waals surface area contributed by atoms with Crippen molar-refractivity contribution in [2.24, 2.45) is 16.7 Å². The van der Waals surface area contributed by atoms with Crippen LogP contribution in [0.15, 0.2) is 21.7 Å². The topological polar surface area (TPSA) is 60.9 Å². The number of carbonyl (C=O) groups is 1. The molecule has 0 N–H and O–H groups in total. The Kier molecular flexibility index (Phi) is 5.59. The van der Waals surface area contributed by atoms with Gasteiger partial charge >= 0.3 is 0 Å². The van der Waals surface area contributed by atoms with Crippen molar-refractivity contribution in [3.8, 4) is 0 Å². The largest absolute Gasteiger partial charge is 0.342 e. The van der Waals surface area contributed by atoms with Gasteiger partial charge in [-0.25, -0.2) is 8.42 Å². The lowest BCUT2D eigenvalue weighted by Gasteiger charge is -2.46. The van der Waals surface area contributed by atoms with E-state index in [1.807, 2.05) is 10.3 Å². The third-order valence-electron chi connectivity index (χ3n) is 7.31. The van der Waals surface area contributed by atoms with Gasteiger partial charge in [-0.1, -0.05) is 19.9 Å². The summed E-state index contributed by atoms with van der Waals surface area (Å²) in [7, 11) is -3.42. The van der Waals surface area contributed by atoms with E-state index >= 15 is 0 Å². The average molecular weight is 440 g/mol. The van der Waals surface area contributed by atoms with Gasteiger partial charge in [0, 0.05) is 51.2 Å². The Morgan fingerprint density at radius 1 is 1.14 bits per heavy atom. The van der Waals surface area contributed by atoms with Crippen LogP contribution in [-0.4, -0.2) is 74.2 Å². The standard InChI is InChI=1S/C21H33N3O3S2/c1-4-23-10-9-21(19(23)25)16-22(14-17(2)3)15-20(21)7-11-24(12-8-20)29(26,27)18-6-5-13-28-18/h5-6,13,17H,4,7-12,14-16H2,1-3H3/t21-/m1/s1. The molecule has 0 aromatic carbocycles. The van der Waals surface area contributed by atoms with Crippen molar-refractivity contribution in [2.45, 2.75) is 44.2 Å². The zero-order chi connectivity index (χ0) is 20.9. The molecule has 6 nitrogen and oxygen atoms in total. The maximum absolute atomic E-state index is 13.5. The number of rotatable bonds is 5. The zero-order valence-corrected chi connectivity index (χ0v) is 19.4. The van der Waals surface area contributed by atoms with Crippen molar-refractivity contribution >= 4 is 27.3 Å². The van der Waals surface area contributed by atoms with E-state index in [1.165, 1.54) is 11.3 Å². The summed E-state index contributed by atoms with van der Waals surface area (Å²) in [6, 6.07) is 3.47. The summed E-state index contributed by atoms with van der Waals surface area (Å²) in [5.41, 5.74) is -0.443. The van der Waals surface area contributed by atoms with Crippen LogP contribution in [0.3, 0.4) is 0 Å². The minimum Gasteiger partial charge on any atom is -0.342 e. The Labute approximate surface area is 178 Å². The van der Waals surface area contributed by atoms with Gasteiger partial charge in [-0.2, -0.15) is 4.31 Å². The minimum atomic E-state index is -3.42. The molecule has 1 aromatic rings. The molecule has 3 aliphatic rings. The molecule has 4 rings (SSSR count).